The van der Waals surface area contributed by atoms with Crippen LogP contribution in [0.5, 0.6) is 0 Å². The van der Waals surface area contributed by atoms with Crippen LogP contribution in [-0.2, 0) is 0 Å². The van der Waals surface area contributed by atoms with E-state index >= 15 is 0 Å². The van der Waals surface area contributed by atoms with E-state index in [1.807, 2.05) is 6.08 Å². The van der Waals surface area contributed by atoms with Crippen molar-refractivity contribution < 1.29 is 0 Å². The van der Waals surface area contributed by atoms with Gasteiger partial charge in [0.05, 0.1) is 0 Å². The molecule has 0 aromatic carbocycles. The predicted octanol–water partition coefficient (Wildman–Crippen LogP) is 2.68. The van der Waals surface area contributed by atoms with Gasteiger partial charge in [-0.25, -0.2) is 0 Å². The molecule has 48 valence electrons. The third-order valence-electron chi connectivity index (χ3n) is 1.73. The third kappa shape index (κ3) is 1.91. The first-order valence-electron chi connectivity index (χ1n) is 3.36. The van der Waals surface area contributed by atoms with Gasteiger partial charge in [0.15, 0.2) is 0 Å². The van der Waals surface area contributed by atoms with Gasteiger partial charge >= 0.3 is 0 Å². The number of hydrogen-bond donors (Lipinski definition) is 0. The molecule has 1 unspecified atom stereocenters. The average molecular weight is 120 g/mol. The van der Waals surface area contributed by atoms with Gasteiger partial charge in [0.2, 0.25) is 0 Å². The fraction of sp³-hybridized carbons (Fsp3) is 0.444. The van der Waals surface area contributed by atoms with Gasteiger partial charge in [0.25, 0.3) is 0 Å². The summed E-state index contributed by atoms with van der Waals surface area (Å²) in [5.41, 5.74) is 4.18. The molecule has 0 bridgehead atoms. The molecule has 1 fully saturated rings. The van der Waals surface area contributed by atoms with Crippen LogP contribution in [-0.4, -0.2) is 0 Å². The van der Waals surface area contributed by atoms with Gasteiger partial charge in [-0.1, -0.05) is 18.7 Å². The van der Waals surface area contributed by atoms with E-state index in [1.54, 1.807) is 0 Å². The largest absolute Gasteiger partial charge is 0.133 e. The van der Waals surface area contributed by atoms with Crippen molar-refractivity contribution in [1.82, 2.24) is 0 Å². The summed E-state index contributed by atoms with van der Waals surface area (Å²) in [5, 5.41) is 0. The smallest absolute Gasteiger partial charge is 0.0165 e. The summed E-state index contributed by atoms with van der Waals surface area (Å²) >= 11 is 0. The SMILES string of the molecule is C=C=CCCC1CC1=C. The minimum atomic E-state index is 0.828. The monoisotopic (exact) mass is 120 g/mol. The summed E-state index contributed by atoms with van der Waals surface area (Å²) < 4.78 is 0. The van der Waals surface area contributed by atoms with Crippen molar-refractivity contribution in [2.75, 3.05) is 0 Å². The van der Waals surface area contributed by atoms with Crippen molar-refractivity contribution in [3.63, 3.8) is 0 Å². The Labute approximate surface area is 56.6 Å². The van der Waals surface area contributed by atoms with Gasteiger partial charge < -0.3 is 0 Å². The lowest BCUT2D eigenvalue weighted by atomic mass is 10.2. The fourth-order valence-corrected chi connectivity index (χ4v) is 0.950. The van der Waals surface area contributed by atoms with Crippen LogP contribution in [0.1, 0.15) is 19.3 Å². The Morgan fingerprint density at radius 2 is 2.44 bits per heavy atom. The maximum absolute atomic E-state index is 3.88. The van der Waals surface area contributed by atoms with Gasteiger partial charge in [0, 0.05) is 0 Å². The minimum Gasteiger partial charge on any atom is -0.133 e. The molecule has 1 atom stereocenters. The zero-order chi connectivity index (χ0) is 6.69. The Hall–Kier alpha value is -0.740. The van der Waals surface area contributed by atoms with E-state index in [9.17, 15) is 0 Å². The van der Waals surface area contributed by atoms with Crippen LogP contribution in [0.3, 0.4) is 0 Å². The minimum absolute atomic E-state index is 0.828. The molecule has 0 heteroatoms. The van der Waals surface area contributed by atoms with Gasteiger partial charge in [-0.2, -0.15) is 0 Å². The predicted molar refractivity (Wildman–Crippen MR) is 40.2 cm³/mol. The first-order valence-corrected chi connectivity index (χ1v) is 3.36. The molecule has 1 aliphatic rings. The number of hydrogen-bond acceptors (Lipinski definition) is 0. The highest BCUT2D eigenvalue weighted by Gasteiger charge is 2.25. The summed E-state index contributed by atoms with van der Waals surface area (Å²) in [4.78, 5) is 0. The summed E-state index contributed by atoms with van der Waals surface area (Å²) in [6, 6.07) is 0. The molecule has 0 heterocycles. The van der Waals surface area contributed by atoms with E-state index in [4.69, 9.17) is 0 Å². The highest BCUT2D eigenvalue weighted by Crippen LogP contribution is 2.39. The van der Waals surface area contributed by atoms with Crippen molar-refractivity contribution in [1.29, 1.82) is 0 Å². The zero-order valence-electron chi connectivity index (χ0n) is 5.69. The lowest BCUT2D eigenvalue weighted by molar-refractivity contribution is 0.765. The van der Waals surface area contributed by atoms with E-state index in [0.29, 0.717) is 0 Å². The van der Waals surface area contributed by atoms with Crippen LogP contribution >= 0.6 is 0 Å². The Morgan fingerprint density at radius 3 is 2.89 bits per heavy atom. The summed E-state index contributed by atoms with van der Waals surface area (Å²) in [5.74, 6) is 0.828. The van der Waals surface area contributed by atoms with Gasteiger partial charge in [0.1, 0.15) is 0 Å². The normalized spacial score (nSPS) is 23.1. The molecule has 1 aliphatic carbocycles. The van der Waals surface area contributed by atoms with E-state index in [-0.39, 0.29) is 0 Å². The van der Waals surface area contributed by atoms with Crippen molar-refractivity contribution in [2.45, 2.75) is 19.3 Å². The van der Waals surface area contributed by atoms with Crippen LogP contribution < -0.4 is 0 Å². The van der Waals surface area contributed by atoms with Crippen LogP contribution in [0.15, 0.2) is 30.5 Å². The molecule has 1 rings (SSSR count). The molecule has 0 spiro atoms. The first-order chi connectivity index (χ1) is 4.34. The third-order valence-corrected chi connectivity index (χ3v) is 1.73. The quantitative estimate of drug-likeness (QED) is 0.397. The van der Waals surface area contributed by atoms with Gasteiger partial charge in [-0.3, -0.25) is 0 Å². The topological polar surface area (TPSA) is 0 Å². The molecule has 0 aromatic heterocycles. The molecule has 9 heavy (non-hydrogen) atoms. The van der Waals surface area contributed by atoms with E-state index in [2.05, 4.69) is 18.9 Å². The molecule has 0 radical (unpaired) electrons. The van der Waals surface area contributed by atoms with Gasteiger partial charge in [-0.05, 0) is 31.3 Å². The van der Waals surface area contributed by atoms with Crippen molar-refractivity contribution in [3.05, 3.63) is 30.5 Å². The van der Waals surface area contributed by atoms with Crippen molar-refractivity contribution in [3.8, 4) is 0 Å². The second kappa shape index (κ2) is 2.70. The molecular weight excluding hydrogens is 108 g/mol. The number of rotatable bonds is 3. The number of allylic oxidation sites excluding steroid dienone is 2. The molecule has 0 saturated heterocycles. The Morgan fingerprint density at radius 1 is 1.78 bits per heavy atom. The molecule has 0 aromatic rings. The van der Waals surface area contributed by atoms with Crippen LogP contribution in [0, 0.1) is 5.92 Å². The van der Waals surface area contributed by atoms with Crippen LogP contribution in [0.25, 0.3) is 0 Å². The van der Waals surface area contributed by atoms with E-state index in [1.165, 1.54) is 18.4 Å². The molecule has 1 saturated carbocycles. The maximum Gasteiger partial charge on any atom is -0.0165 e. The molecule has 0 amide bonds. The second-order valence-electron chi connectivity index (χ2n) is 2.54. The molecular formula is C9H12. The summed E-state index contributed by atoms with van der Waals surface area (Å²) in [7, 11) is 0. The standard InChI is InChI=1S/C9H12/c1-3-4-5-6-9-7-8(9)2/h4,9H,1-2,5-7H2. The van der Waals surface area contributed by atoms with Crippen LogP contribution in [0.2, 0.25) is 0 Å². The molecule has 0 aliphatic heterocycles. The molecule has 0 nitrogen and oxygen atoms in total. The van der Waals surface area contributed by atoms with Gasteiger partial charge in [-0.15, -0.1) is 5.73 Å². The first kappa shape index (κ1) is 6.38. The Kier molecular flexibility index (Phi) is 1.92. The summed E-state index contributed by atoms with van der Waals surface area (Å²) in [6.45, 7) is 7.37. The zero-order valence-corrected chi connectivity index (χ0v) is 5.69. The lowest BCUT2D eigenvalue weighted by Gasteiger charge is -1.85. The van der Waals surface area contributed by atoms with Crippen LogP contribution in [0.4, 0.5) is 0 Å². The molecule has 0 N–H and O–H groups in total. The fourth-order valence-electron chi connectivity index (χ4n) is 0.950. The lowest BCUT2D eigenvalue weighted by Crippen LogP contribution is -1.71. The highest BCUT2D eigenvalue weighted by molar-refractivity contribution is 5.18. The average Bonchev–Trinajstić information content (AvgIpc) is 2.48. The Bertz CT molecular complexity index is 159. The second-order valence-corrected chi connectivity index (χ2v) is 2.54. The van der Waals surface area contributed by atoms with E-state index in [0.717, 1.165) is 12.3 Å². The maximum atomic E-state index is 3.88. The van der Waals surface area contributed by atoms with Crippen molar-refractivity contribution >= 4 is 0 Å². The Balaban J connectivity index is 2.07. The van der Waals surface area contributed by atoms with E-state index < -0.39 is 0 Å². The van der Waals surface area contributed by atoms with Crippen molar-refractivity contribution in [2.24, 2.45) is 5.92 Å². The highest BCUT2D eigenvalue weighted by atomic mass is 14.3. The summed E-state index contributed by atoms with van der Waals surface area (Å²) in [6.07, 6.45) is 5.62.